The second-order valence-corrected chi connectivity index (χ2v) is 5.76. The normalized spacial score (nSPS) is 15.7. The van der Waals surface area contributed by atoms with Crippen molar-refractivity contribution in [1.29, 1.82) is 0 Å². The average Bonchev–Trinajstić information content (AvgIpc) is 3.34. The molecule has 0 aromatic heterocycles. The van der Waals surface area contributed by atoms with Gasteiger partial charge in [0, 0.05) is 25.6 Å². The van der Waals surface area contributed by atoms with Crippen LogP contribution in [0, 0.1) is 5.92 Å². The first-order valence-electron chi connectivity index (χ1n) is 7.89. The summed E-state index contributed by atoms with van der Waals surface area (Å²) in [4.78, 5) is 11.6. The van der Waals surface area contributed by atoms with E-state index in [2.05, 4.69) is 17.4 Å². The highest BCUT2D eigenvalue weighted by Crippen LogP contribution is 2.31. The number of nitrogens with two attached hydrogens (primary N) is 1. The molecule has 0 heterocycles. The van der Waals surface area contributed by atoms with Crippen LogP contribution in [0.5, 0.6) is 0 Å². The fourth-order valence-electron chi connectivity index (χ4n) is 2.28. The largest absolute Gasteiger partial charge is 0.381 e. The molecule has 0 radical (unpaired) electrons. The Balaban J connectivity index is 1.43. The highest BCUT2D eigenvalue weighted by molar-refractivity contribution is 5.75. The third-order valence-corrected chi connectivity index (χ3v) is 3.83. The summed E-state index contributed by atoms with van der Waals surface area (Å²) in [5, 5.41) is 2.90. The van der Waals surface area contributed by atoms with Crippen LogP contribution in [0.15, 0.2) is 30.3 Å². The van der Waals surface area contributed by atoms with Gasteiger partial charge in [-0.2, -0.15) is 0 Å². The summed E-state index contributed by atoms with van der Waals surface area (Å²) in [7, 11) is 0. The smallest absolute Gasteiger partial charge is 0.220 e. The van der Waals surface area contributed by atoms with Gasteiger partial charge in [0.15, 0.2) is 0 Å². The van der Waals surface area contributed by atoms with Crippen LogP contribution in [0.1, 0.15) is 31.2 Å². The van der Waals surface area contributed by atoms with E-state index in [0.29, 0.717) is 32.1 Å². The van der Waals surface area contributed by atoms with Gasteiger partial charge in [0.25, 0.3) is 0 Å². The molecule has 0 spiro atoms. The van der Waals surface area contributed by atoms with Gasteiger partial charge in [-0.25, -0.2) is 0 Å². The molecule has 0 bridgehead atoms. The van der Waals surface area contributed by atoms with Crippen molar-refractivity contribution >= 4 is 5.91 Å². The minimum Gasteiger partial charge on any atom is -0.381 e. The molecule has 1 unspecified atom stereocenters. The van der Waals surface area contributed by atoms with Crippen molar-refractivity contribution in [1.82, 2.24) is 5.32 Å². The van der Waals surface area contributed by atoms with Gasteiger partial charge in [-0.05, 0) is 37.2 Å². The van der Waals surface area contributed by atoms with Crippen LogP contribution in [0.3, 0.4) is 0 Å². The van der Waals surface area contributed by atoms with Crippen molar-refractivity contribution in [3.05, 3.63) is 35.9 Å². The maximum Gasteiger partial charge on any atom is 0.220 e. The Morgan fingerprint density at radius 1 is 1.29 bits per heavy atom. The topological polar surface area (TPSA) is 64.3 Å². The Hall–Kier alpha value is -1.39. The number of rotatable bonds is 10. The molecular formula is C17H26N2O2. The molecule has 1 atom stereocenters. The number of hydrogen-bond acceptors (Lipinski definition) is 3. The van der Waals surface area contributed by atoms with Crippen LogP contribution >= 0.6 is 0 Å². The van der Waals surface area contributed by atoms with Gasteiger partial charge in [-0.1, -0.05) is 30.3 Å². The molecule has 21 heavy (non-hydrogen) atoms. The third-order valence-electron chi connectivity index (χ3n) is 3.83. The highest BCUT2D eigenvalue weighted by atomic mass is 16.5. The number of amides is 1. The molecule has 1 aliphatic rings. The predicted octanol–water partition coefficient (Wildman–Crippen LogP) is 1.88. The van der Waals surface area contributed by atoms with Crippen molar-refractivity contribution < 1.29 is 9.53 Å². The van der Waals surface area contributed by atoms with E-state index >= 15 is 0 Å². The van der Waals surface area contributed by atoms with Crippen LogP contribution < -0.4 is 11.1 Å². The zero-order valence-corrected chi connectivity index (χ0v) is 12.6. The maximum absolute atomic E-state index is 11.6. The molecule has 116 valence electrons. The quantitative estimate of drug-likeness (QED) is 0.647. The Bertz CT molecular complexity index is 418. The Kier molecular flexibility index (Phi) is 6.70. The molecular weight excluding hydrogens is 264 g/mol. The second kappa shape index (κ2) is 8.80. The van der Waals surface area contributed by atoms with E-state index in [0.717, 1.165) is 12.8 Å². The Labute approximate surface area is 127 Å². The molecule has 1 fully saturated rings. The van der Waals surface area contributed by atoms with E-state index < -0.39 is 0 Å². The van der Waals surface area contributed by atoms with Crippen molar-refractivity contribution in [2.45, 2.75) is 38.1 Å². The zero-order chi connectivity index (χ0) is 14.9. The first kappa shape index (κ1) is 16.0. The summed E-state index contributed by atoms with van der Waals surface area (Å²) in [6.45, 7) is 1.95. The molecule has 1 aromatic carbocycles. The number of ether oxygens (including phenoxy) is 1. The van der Waals surface area contributed by atoms with Crippen LogP contribution in [-0.2, 0) is 16.0 Å². The van der Waals surface area contributed by atoms with Crippen LogP contribution in [-0.4, -0.2) is 31.7 Å². The molecule has 0 saturated heterocycles. The van der Waals surface area contributed by atoms with Gasteiger partial charge in [0.2, 0.25) is 5.91 Å². The lowest BCUT2D eigenvalue weighted by atomic mass is 10.2. The zero-order valence-electron chi connectivity index (χ0n) is 12.6. The van der Waals surface area contributed by atoms with E-state index in [1.165, 1.54) is 18.4 Å². The molecule has 2 rings (SSSR count). The van der Waals surface area contributed by atoms with Crippen LogP contribution in [0.4, 0.5) is 0 Å². The van der Waals surface area contributed by atoms with Gasteiger partial charge < -0.3 is 15.8 Å². The predicted molar refractivity (Wildman–Crippen MR) is 83.9 cm³/mol. The molecule has 1 aliphatic carbocycles. The molecule has 1 amide bonds. The summed E-state index contributed by atoms with van der Waals surface area (Å²) in [6, 6.07) is 10.4. The molecule has 4 nitrogen and oxygen atoms in total. The SMILES string of the molecule is NC(CNC(=O)CCCOCCc1ccccc1)C1CC1. The fourth-order valence-corrected chi connectivity index (χ4v) is 2.28. The minimum absolute atomic E-state index is 0.0813. The van der Waals surface area contributed by atoms with Crippen molar-refractivity contribution in [2.24, 2.45) is 11.7 Å². The second-order valence-electron chi connectivity index (χ2n) is 5.76. The number of carbonyl (C=O) groups is 1. The minimum atomic E-state index is 0.0813. The third kappa shape index (κ3) is 6.74. The van der Waals surface area contributed by atoms with E-state index in [9.17, 15) is 4.79 Å². The summed E-state index contributed by atoms with van der Waals surface area (Å²) >= 11 is 0. The van der Waals surface area contributed by atoms with Gasteiger partial charge >= 0.3 is 0 Å². The number of nitrogens with one attached hydrogen (secondary N) is 1. The monoisotopic (exact) mass is 290 g/mol. The summed E-state index contributed by atoms with van der Waals surface area (Å²) in [5.41, 5.74) is 7.22. The molecule has 1 aromatic rings. The van der Waals surface area contributed by atoms with E-state index in [1.54, 1.807) is 0 Å². The Morgan fingerprint density at radius 2 is 2.05 bits per heavy atom. The van der Waals surface area contributed by atoms with Gasteiger partial charge in [0.1, 0.15) is 0 Å². The molecule has 4 heteroatoms. The molecule has 1 saturated carbocycles. The highest BCUT2D eigenvalue weighted by Gasteiger charge is 2.28. The number of hydrogen-bond donors (Lipinski definition) is 2. The van der Waals surface area contributed by atoms with E-state index in [-0.39, 0.29) is 11.9 Å². The standard InChI is InChI=1S/C17H26N2O2/c18-16(15-8-9-15)13-19-17(20)7-4-11-21-12-10-14-5-2-1-3-6-14/h1-3,5-6,15-16H,4,7-13,18H2,(H,19,20). The van der Waals surface area contributed by atoms with E-state index in [1.807, 2.05) is 18.2 Å². The lowest BCUT2D eigenvalue weighted by Gasteiger charge is -2.11. The molecule has 0 aliphatic heterocycles. The fraction of sp³-hybridized carbons (Fsp3) is 0.588. The lowest BCUT2D eigenvalue weighted by molar-refractivity contribution is -0.121. The van der Waals surface area contributed by atoms with Gasteiger partial charge in [-0.3, -0.25) is 4.79 Å². The van der Waals surface area contributed by atoms with Gasteiger partial charge in [-0.15, -0.1) is 0 Å². The first-order valence-corrected chi connectivity index (χ1v) is 7.89. The van der Waals surface area contributed by atoms with E-state index in [4.69, 9.17) is 10.5 Å². The first-order chi connectivity index (χ1) is 10.3. The maximum atomic E-state index is 11.6. The van der Waals surface area contributed by atoms with Crippen molar-refractivity contribution in [3.8, 4) is 0 Å². The number of carbonyl (C=O) groups excluding carboxylic acids is 1. The summed E-state index contributed by atoms with van der Waals surface area (Å²) in [6.07, 6.45) is 4.63. The average molecular weight is 290 g/mol. The lowest BCUT2D eigenvalue weighted by Crippen LogP contribution is -2.38. The Morgan fingerprint density at radius 3 is 2.76 bits per heavy atom. The summed E-state index contributed by atoms with van der Waals surface area (Å²) < 4.78 is 5.56. The van der Waals surface area contributed by atoms with Crippen LogP contribution in [0.25, 0.3) is 0 Å². The van der Waals surface area contributed by atoms with Crippen molar-refractivity contribution in [2.75, 3.05) is 19.8 Å². The number of benzene rings is 1. The van der Waals surface area contributed by atoms with Crippen LogP contribution in [0.2, 0.25) is 0 Å². The van der Waals surface area contributed by atoms with Gasteiger partial charge in [0.05, 0.1) is 6.61 Å². The van der Waals surface area contributed by atoms with Crippen molar-refractivity contribution in [3.63, 3.8) is 0 Å². The molecule has 3 N–H and O–H groups in total. The summed E-state index contributed by atoms with van der Waals surface area (Å²) in [5.74, 6) is 0.712.